The third-order valence-electron chi connectivity index (χ3n) is 7.61. The van der Waals surface area contributed by atoms with Crippen LogP contribution in [0.2, 0.25) is 0 Å². The molecule has 154 valence electrons. The first-order valence-electron chi connectivity index (χ1n) is 10.6. The first-order valence-corrected chi connectivity index (χ1v) is 10.6. The van der Waals surface area contributed by atoms with Gasteiger partial charge in [0.25, 0.3) is 0 Å². The molecule has 2 fully saturated rings. The summed E-state index contributed by atoms with van der Waals surface area (Å²) in [5.41, 5.74) is 1.62. The Morgan fingerprint density at radius 2 is 1.45 bits per heavy atom. The molecule has 2 saturated heterocycles. The number of hydrogen-bond donors (Lipinski definition) is 1. The lowest BCUT2D eigenvalue weighted by Crippen LogP contribution is -3.00. The molecule has 2 aliphatic rings. The predicted octanol–water partition coefficient (Wildman–Crippen LogP) is 1.27. The van der Waals surface area contributed by atoms with Gasteiger partial charge in [-0.1, -0.05) is 60.7 Å². The summed E-state index contributed by atoms with van der Waals surface area (Å²) in [6.45, 7) is 1.13. The van der Waals surface area contributed by atoms with Gasteiger partial charge in [-0.15, -0.1) is 0 Å². The van der Waals surface area contributed by atoms with Crippen molar-refractivity contribution in [1.82, 2.24) is 0 Å². The molecule has 0 aromatic heterocycles. The molecule has 2 heterocycles. The predicted molar refractivity (Wildman–Crippen MR) is 112 cm³/mol. The van der Waals surface area contributed by atoms with E-state index in [1.54, 1.807) is 0 Å². The van der Waals surface area contributed by atoms with E-state index in [2.05, 4.69) is 37.4 Å². The molecule has 4 atom stereocenters. The zero-order chi connectivity index (χ0) is 19.6. The Labute approximate surface area is 185 Å². The number of quaternary nitrogens is 1. The van der Waals surface area contributed by atoms with Gasteiger partial charge < -0.3 is 26.6 Å². The lowest BCUT2D eigenvalue weighted by molar-refractivity contribution is -0.949. The summed E-state index contributed by atoms with van der Waals surface area (Å²) >= 11 is 0. The highest BCUT2D eigenvalue weighted by atomic mass is 79.9. The van der Waals surface area contributed by atoms with Crippen LogP contribution in [-0.4, -0.2) is 41.9 Å². The van der Waals surface area contributed by atoms with E-state index in [0.717, 1.165) is 41.4 Å². The smallest absolute Gasteiger partial charge is 0.107 e. The number of aliphatic hydroxyl groups is 1. The van der Waals surface area contributed by atoms with Crippen molar-refractivity contribution in [2.24, 2.45) is 5.92 Å². The second-order valence-corrected chi connectivity index (χ2v) is 8.97. The van der Waals surface area contributed by atoms with Crippen LogP contribution in [-0.2, 0) is 5.41 Å². The number of fused-ring (bicyclic) bond motifs is 2. The van der Waals surface area contributed by atoms with Gasteiger partial charge in [0, 0.05) is 25.7 Å². The highest BCUT2D eigenvalue weighted by Crippen LogP contribution is 2.48. The van der Waals surface area contributed by atoms with Gasteiger partial charge in [0.2, 0.25) is 0 Å². The molecule has 0 aliphatic carbocycles. The maximum Gasteiger partial charge on any atom is 0.107 e. The van der Waals surface area contributed by atoms with Crippen molar-refractivity contribution < 1.29 is 26.6 Å². The Kier molecular flexibility index (Phi) is 6.83. The quantitative estimate of drug-likeness (QED) is 0.667. The van der Waals surface area contributed by atoms with Crippen molar-refractivity contribution in [1.29, 1.82) is 5.26 Å². The minimum Gasteiger partial charge on any atom is -1.00 e. The molecule has 2 bridgehead atoms. The Hall–Kier alpha value is -1.67. The standard InChI is InChI=1S/C25H31N2O.BrH/c1-27(14-15-28)23-12-13-24(27)17-20(16-23)18-25(19-26,21-8-4-2-5-9-21)22-10-6-3-7-11-22;/h2-11,20,23-24,28H,12-18H2,1H3;1H/q+1;/p-1/t20-,23+,24-,27?;. The van der Waals surface area contributed by atoms with Crippen LogP contribution in [0.15, 0.2) is 60.7 Å². The molecule has 1 unspecified atom stereocenters. The lowest BCUT2D eigenvalue weighted by atomic mass is 9.67. The van der Waals surface area contributed by atoms with Crippen molar-refractivity contribution in [2.75, 3.05) is 20.2 Å². The number of nitrogens with zero attached hydrogens (tertiary/aromatic N) is 2. The Morgan fingerprint density at radius 3 is 1.86 bits per heavy atom. The number of aliphatic hydroxyl groups excluding tert-OH is 1. The maximum atomic E-state index is 10.5. The molecular formula is C25H31BrN2O. The van der Waals surface area contributed by atoms with Crippen LogP contribution in [0.3, 0.4) is 0 Å². The molecular weight excluding hydrogens is 424 g/mol. The van der Waals surface area contributed by atoms with Crippen LogP contribution in [0.4, 0.5) is 0 Å². The van der Waals surface area contributed by atoms with E-state index in [9.17, 15) is 10.4 Å². The molecule has 2 aromatic rings. The molecule has 0 spiro atoms. The van der Waals surface area contributed by atoms with Gasteiger partial charge in [-0.2, -0.15) is 5.26 Å². The number of nitriles is 1. The molecule has 4 rings (SSSR count). The summed E-state index contributed by atoms with van der Waals surface area (Å²) in [5.74, 6) is 0.544. The van der Waals surface area contributed by atoms with Gasteiger partial charge in [-0.25, -0.2) is 0 Å². The van der Waals surface area contributed by atoms with E-state index in [1.165, 1.54) is 12.8 Å². The normalized spacial score (nSPS) is 28.4. The van der Waals surface area contributed by atoms with Crippen LogP contribution >= 0.6 is 0 Å². The summed E-state index contributed by atoms with van der Waals surface area (Å²) < 4.78 is 1.03. The number of halogens is 1. The number of benzene rings is 2. The molecule has 0 radical (unpaired) electrons. The van der Waals surface area contributed by atoms with Crippen LogP contribution in [0.5, 0.6) is 0 Å². The molecule has 1 N–H and O–H groups in total. The van der Waals surface area contributed by atoms with Crippen LogP contribution in [0.1, 0.15) is 43.2 Å². The van der Waals surface area contributed by atoms with Crippen LogP contribution in [0.25, 0.3) is 0 Å². The van der Waals surface area contributed by atoms with E-state index in [-0.39, 0.29) is 23.6 Å². The molecule has 0 amide bonds. The number of hydrogen-bond acceptors (Lipinski definition) is 2. The van der Waals surface area contributed by atoms with Crippen molar-refractivity contribution in [3.05, 3.63) is 71.8 Å². The highest BCUT2D eigenvalue weighted by molar-refractivity contribution is 5.45. The van der Waals surface area contributed by atoms with Crippen molar-refractivity contribution >= 4 is 0 Å². The van der Waals surface area contributed by atoms with Gasteiger partial charge in [-0.3, -0.25) is 0 Å². The van der Waals surface area contributed by atoms with Crippen LogP contribution < -0.4 is 17.0 Å². The second kappa shape index (κ2) is 9.00. The van der Waals surface area contributed by atoms with E-state index in [0.29, 0.717) is 18.0 Å². The van der Waals surface area contributed by atoms with Crippen molar-refractivity contribution in [3.63, 3.8) is 0 Å². The van der Waals surface area contributed by atoms with E-state index < -0.39 is 5.41 Å². The van der Waals surface area contributed by atoms with E-state index in [1.807, 2.05) is 36.4 Å². The fourth-order valence-electron chi connectivity index (χ4n) is 6.06. The second-order valence-electron chi connectivity index (χ2n) is 8.97. The van der Waals surface area contributed by atoms with Crippen molar-refractivity contribution in [3.8, 4) is 6.07 Å². The monoisotopic (exact) mass is 454 g/mol. The molecule has 2 aliphatic heterocycles. The Bertz CT molecular complexity index is 779. The number of rotatable bonds is 6. The highest BCUT2D eigenvalue weighted by Gasteiger charge is 2.52. The maximum absolute atomic E-state index is 10.5. The fourth-order valence-corrected chi connectivity index (χ4v) is 6.06. The third kappa shape index (κ3) is 3.89. The van der Waals surface area contributed by atoms with Crippen molar-refractivity contribution in [2.45, 2.75) is 49.6 Å². The summed E-state index contributed by atoms with van der Waals surface area (Å²) in [4.78, 5) is 0. The zero-order valence-electron chi connectivity index (χ0n) is 17.2. The first kappa shape index (κ1) is 22.0. The van der Waals surface area contributed by atoms with Crippen LogP contribution in [0, 0.1) is 17.2 Å². The Morgan fingerprint density at radius 1 is 0.966 bits per heavy atom. The summed E-state index contributed by atoms with van der Waals surface area (Å²) in [7, 11) is 2.33. The summed E-state index contributed by atoms with van der Waals surface area (Å²) in [5, 5.41) is 20.0. The lowest BCUT2D eigenvalue weighted by Gasteiger charge is -2.48. The van der Waals surface area contributed by atoms with Gasteiger partial charge in [0.05, 0.1) is 31.8 Å². The SMILES string of the molecule is C[N+]1(CCO)[C@@H]2CC[C@H]1C[C@@H](CC(C#N)(c1ccccc1)c1ccccc1)C2.[Br-]. The average Bonchev–Trinajstić information content (AvgIpc) is 2.90. The first-order chi connectivity index (χ1) is 13.6. The topological polar surface area (TPSA) is 44.0 Å². The molecule has 3 nitrogen and oxygen atoms in total. The molecule has 0 saturated carbocycles. The molecule has 4 heteroatoms. The Balaban J connectivity index is 0.00000240. The van der Waals surface area contributed by atoms with Gasteiger partial charge in [0.1, 0.15) is 12.0 Å². The summed E-state index contributed by atoms with van der Waals surface area (Å²) in [6.07, 6.45) is 5.72. The third-order valence-corrected chi connectivity index (χ3v) is 7.61. The van der Waals surface area contributed by atoms with Gasteiger partial charge in [0.15, 0.2) is 0 Å². The molecule has 2 aromatic carbocycles. The average molecular weight is 455 g/mol. The fraction of sp³-hybridized carbons (Fsp3) is 0.480. The van der Waals surface area contributed by atoms with E-state index in [4.69, 9.17) is 0 Å². The number of piperidine rings is 1. The zero-order valence-corrected chi connectivity index (χ0v) is 18.8. The van der Waals surface area contributed by atoms with Gasteiger partial charge in [-0.05, 0) is 23.5 Å². The minimum absolute atomic E-state index is 0. The van der Waals surface area contributed by atoms with E-state index >= 15 is 0 Å². The van der Waals surface area contributed by atoms with Gasteiger partial charge >= 0.3 is 0 Å². The summed E-state index contributed by atoms with van der Waals surface area (Å²) in [6, 6.07) is 24.7. The molecule has 29 heavy (non-hydrogen) atoms. The number of likely N-dealkylation sites (N-methyl/N-ethyl adjacent to an activating group) is 1. The minimum atomic E-state index is -0.593. The largest absolute Gasteiger partial charge is 1.00 e.